The molecule has 0 radical (unpaired) electrons. The van der Waals surface area contributed by atoms with Gasteiger partial charge in [0.2, 0.25) is 5.91 Å². The molecule has 0 heterocycles. The molecule has 0 aromatic heterocycles. The molecule has 10 heteroatoms. The summed E-state index contributed by atoms with van der Waals surface area (Å²) in [7, 11) is 0. The highest BCUT2D eigenvalue weighted by molar-refractivity contribution is 9.10. The predicted octanol–water partition coefficient (Wildman–Crippen LogP) is 7.90. The molecule has 0 aliphatic rings. The lowest BCUT2D eigenvalue weighted by atomic mass is 10.1. The smallest absolute Gasteiger partial charge is 0.272 e. The number of para-hydroxylation sites is 1. The zero-order valence-corrected chi connectivity index (χ0v) is 24.7. The first-order valence-corrected chi connectivity index (χ1v) is 14.4. The van der Waals surface area contributed by atoms with E-state index >= 15 is 0 Å². The fraction of sp³-hybridized carbons (Fsp3) is 0.0333. The molecule has 0 unspecified atom stereocenters. The van der Waals surface area contributed by atoms with Gasteiger partial charge in [0.25, 0.3) is 11.8 Å². The van der Waals surface area contributed by atoms with Crippen molar-refractivity contribution in [2.45, 2.75) is 4.90 Å². The van der Waals surface area contributed by atoms with Crippen LogP contribution in [0.15, 0.2) is 112 Å². The summed E-state index contributed by atoms with van der Waals surface area (Å²) in [6.07, 6.45) is 1.47. The first-order chi connectivity index (χ1) is 19.3. The van der Waals surface area contributed by atoms with E-state index in [0.717, 1.165) is 9.37 Å². The van der Waals surface area contributed by atoms with E-state index in [2.05, 4.69) is 31.9 Å². The van der Waals surface area contributed by atoms with Gasteiger partial charge in [0.05, 0.1) is 21.5 Å². The van der Waals surface area contributed by atoms with Gasteiger partial charge in [0.1, 0.15) is 5.70 Å². The van der Waals surface area contributed by atoms with Crippen LogP contribution >= 0.6 is 50.9 Å². The van der Waals surface area contributed by atoms with Crippen molar-refractivity contribution in [2.24, 2.45) is 0 Å². The first-order valence-electron chi connectivity index (χ1n) is 11.9. The Morgan fingerprint density at radius 2 is 1.55 bits per heavy atom. The third kappa shape index (κ3) is 8.22. The molecule has 202 valence electrons. The fourth-order valence-corrected chi connectivity index (χ4v) is 4.99. The Hall–Kier alpha value is -3.56. The molecule has 0 aliphatic heterocycles. The van der Waals surface area contributed by atoms with Gasteiger partial charge in [0, 0.05) is 20.6 Å². The number of carbonyl (C=O) groups is 3. The van der Waals surface area contributed by atoms with Crippen LogP contribution in [0, 0.1) is 0 Å². The standard InChI is InChI=1S/C30H22BrCl2N3O3S/c31-23-13-4-5-15-25(23)35-27(37)18-40-22-12-7-11-21(17-22)34-30(39)26(16-20-10-6-14-24(32)28(20)33)36-29(38)19-8-2-1-3-9-19/h1-17H,18H2,(H,34,39)(H,35,37)(H,36,38)/b26-16+. The maximum Gasteiger partial charge on any atom is 0.272 e. The van der Waals surface area contributed by atoms with Gasteiger partial charge in [-0.05, 0) is 76.1 Å². The van der Waals surface area contributed by atoms with E-state index in [0.29, 0.717) is 27.5 Å². The lowest BCUT2D eigenvalue weighted by Crippen LogP contribution is -2.30. The number of amides is 3. The molecule has 4 aromatic carbocycles. The van der Waals surface area contributed by atoms with Crippen LogP contribution in [0.4, 0.5) is 11.4 Å². The monoisotopic (exact) mass is 653 g/mol. The van der Waals surface area contributed by atoms with Gasteiger partial charge in [-0.15, -0.1) is 11.8 Å². The van der Waals surface area contributed by atoms with Crippen LogP contribution in [0.25, 0.3) is 6.08 Å². The summed E-state index contributed by atoms with van der Waals surface area (Å²) in [6, 6.07) is 28.0. The second-order valence-electron chi connectivity index (χ2n) is 8.32. The molecule has 0 saturated heterocycles. The zero-order chi connectivity index (χ0) is 28.5. The van der Waals surface area contributed by atoms with Crippen molar-refractivity contribution < 1.29 is 14.4 Å². The average Bonchev–Trinajstić information content (AvgIpc) is 2.96. The number of hydrogen-bond acceptors (Lipinski definition) is 4. The highest BCUT2D eigenvalue weighted by Gasteiger charge is 2.17. The van der Waals surface area contributed by atoms with Crippen LogP contribution in [-0.2, 0) is 9.59 Å². The molecule has 0 atom stereocenters. The molecule has 40 heavy (non-hydrogen) atoms. The largest absolute Gasteiger partial charge is 0.324 e. The van der Waals surface area contributed by atoms with E-state index < -0.39 is 11.8 Å². The number of benzene rings is 4. The minimum absolute atomic E-state index is 0.0242. The van der Waals surface area contributed by atoms with Gasteiger partial charge in [-0.3, -0.25) is 14.4 Å². The number of halogens is 3. The number of nitrogens with one attached hydrogen (secondary N) is 3. The molecule has 0 saturated carbocycles. The molecule has 6 nitrogen and oxygen atoms in total. The molecule has 0 fully saturated rings. The minimum Gasteiger partial charge on any atom is -0.324 e. The zero-order valence-electron chi connectivity index (χ0n) is 20.8. The highest BCUT2D eigenvalue weighted by Crippen LogP contribution is 2.28. The molecule has 0 bridgehead atoms. The van der Waals surface area contributed by atoms with Crippen LogP contribution in [0.5, 0.6) is 0 Å². The van der Waals surface area contributed by atoms with Crippen molar-refractivity contribution in [1.82, 2.24) is 5.32 Å². The van der Waals surface area contributed by atoms with Gasteiger partial charge in [-0.25, -0.2) is 0 Å². The number of carbonyl (C=O) groups excluding carboxylic acids is 3. The summed E-state index contributed by atoms with van der Waals surface area (Å²) >= 11 is 17.2. The van der Waals surface area contributed by atoms with E-state index in [4.69, 9.17) is 23.2 Å². The predicted molar refractivity (Wildman–Crippen MR) is 167 cm³/mol. The third-order valence-corrected chi connectivity index (χ3v) is 7.94. The Morgan fingerprint density at radius 1 is 0.825 bits per heavy atom. The fourth-order valence-electron chi connectivity index (χ4n) is 3.49. The van der Waals surface area contributed by atoms with Crippen LogP contribution in [-0.4, -0.2) is 23.5 Å². The van der Waals surface area contributed by atoms with Gasteiger partial charge in [-0.2, -0.15) is 0 Å². The summed E-state index contributed by atoms with van der Waals surface area (Å²) in [5.41, 5.74) is 2.00. The number of rotatable bonds is 9. The molecule has 4 aromatic rings. The number of thioether (sulfide) groups is 1. The summed E-state index contributed by atoms with van der Waals surface area (Å²) in [5.74, 6) is -1.02. The normalized spacial score (nSPS) is 11.0. The Balaban J connectivity index is 1.48. The van der Waals surface area contributed by atoms with Crippen molar-refractivity contribution in [3.8, 4) is 0 Å². The lowest BCUT2D eigenvalue weighted by molar-refractivity contribution is -0.114. The van der Waals surface area contributed by atoms with E-state index in [-0.39, 0.29) is 22.4 Å². The Bertz CT molecular complexity index is 1580. The van der Waals surface area contributed by atoms with Gasteiger partial charge in [0.15, 0.2) is 0 Å². The minimum atomic E-state index is -0.561. The van der Waals surface area contributed by atoms with Crippen molar-refractivity contribution in [1.29, 1.82) is 0 Å². The van der Waals surface area contributed by atoms with Crippen LogP contribution in [0.1, 0.15) is 15.9 Å². The van der Waals surface area contributed by atoms with Crippen molar-refractivity contribution >= 4 is 86.1 Å². The Morgan fingerprint density at radius 3 is 2.33 bits per heavy atom. The van der Waals surface area contributed by atoms with E-state index in [1.54, 1.807) is 72.8 Å². The van der Waals surface area contributed by atoms with Gasteiger partial charge in [-0.1, -0.05) is 71.7 Å². The van der Waals surface area contributed by atoms with E-state index in [1.807, 2.05) is 24.3 Å². The number of hydrogen-bond donors (Lipinski definition) is 3. The van der Waals surface area contributed by atoms with Crippen LogP contribution < -0.4 is 16.0 Å². The van der Waals surface area contributed by atoms with Gasteiger partial charge >= 0.3 is 0 Å². The van der Waals surface area contributed by atoms with Crippen molar-refractivity contribution in [3.63, 3.8) is 0 Å². The maximum absolute atomic E-state index is 13.3. The molecule has 0 spiro atoms. The summed E-state index contributed by atoms with van der Waals surface area (Å²) in [4.78, 5) is 39.4. The number of anilines is 2. The first kappa shape index (κ1) is 29.4. The second kappa shape index (κ2) is 14.2. The van der Waals surface area contributed by atoms with Crippen molar-refractivity contribution in [2.75, 3.05) is 16.4 Å². The molecule has 4 rings (SSSR count). The second-order valence-corrected chi connectivity index (χ2v) is 11.0. The lowest BCUT2D eigenvalue weighted by Gasteiger charge is -2.13. The molecular weight excluding hydrogens is 633 g/mol. The molecule has 3 N–H and O–H groups in total. The summed E-state index contributed by atoms with van der Waals surface area (Å²) in [6.45, 7) is 0. The van der Waals surface area contributed by atoms with Crippen LogP contribution in [0.2, 0.25) is 10.0 Å². The Kier molecular flexibility index (Phi) is 10.4. The third-order valence-electron chi connectivity index (χ3n) is 5.42. The van der Waals surface area contributed by atoms with E-state index in [1.165, 1.54) is 17.8 Å². The van der Waals surface area contributed by atoms with Crippen LogP contribution in [0.3, 0.4) is 0 Å². The molecule has 3 amide bonds. The average molecular weight is 655 g/mol. The topological polar surface area (TPSA) is 87.3 Å². The SMILES string of the molecule is O=C(CSc1cccc(NC(=O)/C(=C\c2cccc(Cl)c2Cl)NC(=O)c2ccccc2)c1)Nc1ccccc1Br. The summed E-state index contributed by atoms with van der Waals surface area (Å²) < 4.78 is 0.792. The maximum atomic E-state index is 13.3. The highest BCUT2D eigenvalue weighted by atomic mass is 79.9. The molecule has 0 aliphatic carbocycles. The summed E-state index contributed by atoms with van der Waals surface area (Å²) in [5, 5.41) is 8.92. The van der Waals surface area contributed by atoms with Gasteiger partial charge < -0.3 is 16.0 Å². The molecular formula is C30H22BrCl2N3O3S. The van der Waals surface area contributed by atoms with E-state index in [9.17, 15) is 14.4 Å². The van der Waals surface area contributed by atoms with Crippen molar-refractivity contribution in [3.05, 3.63) is 128 Å². The Labute approximate surface area is 254 Å². The quantitative estimate of drug-likeness (QED) is 0.127.